The molecule has 1 aromatic carbocycles. The van der Waals surface area contributed by atoms with Crippen molar-refractivity contribution in [3.05, 3.63) is 22.2 Å². The van der Waals surface area contributed by atoms with E-state index in [1.807, 2.05) is 12.1 Å². The quantitative estimate of drug-likeness (QED) is 0.779. The molecule has 7 heteroatoms. The van der Waals surface area contributed by atoms with Crippen LogP contribution in [0.1, 0.15) is 18.4 Å². The Morgan fingerprint density at radius 1 is 1.39 bits per heavy atom. The lowest BCUT2D eigenvalue weighted by molar-refractivity contribution is -0.124. The van der Waals surface area contributed by atoms with Crippen molar-refractivity contribution in [2.24, 2.45) is 11.7 Å². The molecule has 1 unspecified atom stereocenters. The predicted molar refractivity (Wildman–Crippen MR) is 90.6 cm³/mol. The van der Waals surface area contributed by atoms with Gasteiger partial charge in [0.25, 0.3) is 0 Å². The lowest BCUT2D eigenvalue weighted by atomic mass is 9.92. The van der Waals surface area contributed by atoms with E-state index in [0.29, 0.717) is 31.3 Å². The van der Waals surface area contributed by atoms with Gasteiger partial charge in [-0.25, -0.2) is 0 Å². The fraction of sp³-hybridized carbons (Fsp3) is 0.562. The van der Waals surface area contributed by atoms with Crippen molar-refractivity contribution in [2.75, 3.05) is 27.4 Å². The molecule has 1 amide bonds. The first kappa shape index (κ1) is 18.0. The zero-order valence-electron chi connectivity index (χ0n) is 13.4. The molecule has 1 aliphatic heterocycles. The summed E-state index contributed by atoms with van der Waals surface area (Å²) in [7, 11) is 3.16. The number of carbonyl (C=O) groups is 1. The van der Waals surface area contributed by atoms with Crippen molar-refractivity contribution < 1.29 is 19.0 Å². The molecule has 1 heterocycles. The molecule has 1 atom stereocenters. The zero-order chi connectivity index (χ0) is 16.8. The van der Waals surface area contributed by atoms with Gasteiger partial charge in [0.1, 0.15) is 0 Å². The maximum Gasteiger partial charge on any atom is 0.237 e. The van der Waals surface area contributed by atoms with Crippen LogP contribution in [-0.4, -0.2) is 39.4 Å². The van der Waals surface area contributed by atoms with E-state index < -0.39 is 6.04 Å². The second kappa shape index (κ2) is 8.52. The van der Waals surface area contributed by atoms with Crippen molar-refractivity contribution in [1.82, 2.24) is 5.32 Å². The fourth-order valence-electron chi connectivity index (χ4n) is 2.67. The Hall–Kier alpha value is -1.31. The number of benzene rings is 1. The molecule has 0 aliphatic carbocycles. The van der Waals surface area contributed by atoms with Crippen LogP contribution in [0, 0.1) is 5.92 Å². The van der Waals surface area contributed by atoms with Crippen LogP contribution in [0.2, 0.25) is 0 Å². The molecule has 1 fully saturated rings. The van der Waals surface area contributed by atoms with Crippen LogP contribution in [0.4, 0.5) is 0 Å². The van der Waals surface area contributed by atoms with E-state index in [1.165, 1.54) is 0 Å². The summed E-state index contributed by atoms with van der Waals surface area (Å²) < 4.78 is 16.7. The zero-order valence-corrected chi connectivity index (χ0v) is 15.0. The van der Waals surface area contributed by atoms with Gasteiger partial charge in [-0.1, -0.05) is 0 Å². The highest BCUT2D eigenvalue weighted by Gasteiger charge is 2.26. The number of hydrogen-bond acceptors (Lipinski definition) is 5. The van der Waals surface area contributed by atoms with Gasteiger partial charge in [0.2, 0.25) is 5.91 Å². The van der Waals surface area contributed by atoms with Crippen LogP contribution in [-0.2, 0) is 16.1 Å². The van der Waals surface area contributed by atoms with E-state index in [9.17, 15) is 4.79 Å². The monoisotopic (exact) mass is 386 g/mol. The first-order chi connectivity index (χ1) is 11.1. The van der Waals surface area contributed by atoms with Gasteiger partial charge >= 0.3 is 0 Å². The fourth-order valence-corrected chi connectivity index (χ4v) is 3.32. The average Bonchev–Trinajstić information content (AvgIpc) is 2.59. The van der Waals surface area contributed by atoms with E-state index in [0.717, 1.165) is 22.9 Å². The van der Waals surface area contributed by atoms with Crippen LogP contribution in [0.5, 0.6) is 11.5 Å². The van der Waals surface area contributed by atoms with Gasteiger partial charge in [0.15, 0.2) is 11.5 Å². The summed E-state index contributed by atoms with van der Waals surface area (Å²) in [4.78, 5) is 12.2. The molecule has 0 saturated carbocycles. The molecule has 23 heavy (non-hydrogen) atoms. The molecule has 0 radical (unpaired) electrons. The van der Waals surface area contributed by atoms with Crippen molar-refractivity contribution in [2.45, 2.75) is 25.4 Å². The number of hydrogen-bond donors (Lipinski definition) is 2. The van der Waals surface area contributed by atoms with Crippen molar-refractivity contribution in [3.8, 4) is 11.5 Å². The first-order valence-corrected chi connectivity index (χ1v) is 8.37. The van der Waals surface area contributed by atoms with E-state index in [4.69, 9.17) is 19.9 Å². The Kier molecular flexibility index (Phi) is 6.68. The van der Waals surface area contributed by atoms with Crippen LogP contribution in [0.15, 0.2) is 16.6 Å². The molecule has 0 bridgehead atoms. The number of nitrogens with one attached hydrogen (secondary N) is 1. The van der Waals surface area contributed by atoms with Gasteiger partial charge < -0.3 is 25.3 Å². The molecule has 6 nitrogen and oxygen atoms in total. The highest BCUT2D eigenvalue weighted by Crippen LogP contribution is 2.36. The molecule has 0 aromatic heterocycles. The summed E-state index contributed by atoms with van der Waals surface area (Å²) in [6.45, 7) is 1.73. The second-order valence-electron chi connectivity index (χ2n) is 5.51. The molecule has 128 valence electrons. The van der Waals surface area contributed by atoms with Gasteiger partial charge in [-0.2, -0.15) is 0 Å². The molecular formula is C16H23BrN2O4. The molecule has 0 spiro atoms. The third kappa shape index (κ3) is 4.59. The van der Waals surface area contributed by atoms with E-state index in [2.05, 4.69) is 21.2 Å². The first-order valence-electron chi connectivity index (χ1n) is 7.58. The summed E-state index contributed by atoms with van der Waals surface area (Å²) in [6, 6.07) is 3.23. The van der Waals surface area contributed by atoms with Crippen LogP contribution >= 0.6 is 15.9 Å². The Labute approximate surface area is 144 Å². The summed E-state index contributed by atoms with van der Waals surface area (Å²) in [5, 5.41) is 2.89. The second-order valence-corrected chi connectivity index (χ2v) is 6.36. The standard InChI is InChI=1S/C16H23BrN2O4/c1-21-13-8-10(7-12(17)15(13)22-2)9-19-16(20)14(18)11-3-5-23-6-4-11/h7-8,11,14H,3-6,9,18H2,1-2H3,(H,19,20). The van der Waals surface area contributed by atoms with E-state index in [-0.39, 0.29) is 11.8 Å². The summed E-state index contributed by atoms with van der Waals surface area (Å²) >= 11 is 3.44. The molecule has 3 N–H and O–H groups in total. The van der Waals surface area contributed by atoms with Crippen LogP contribution in [0.25, 0.3) is 0 Å². The summed E-state index contributed by atoms with van der Waals surface area (Å²) in [5.41, 5.74) is 6.97. The lowest BCUT2D eigenvalue weighted by Gasteiger charge is -2.26. The topological polar surface area (TPSA) is 82.8 Å². The third-order valence-corrected chi connectivity index (χ3v) is 4.63. The number of methoxy groups -OCH3 is 2. The maximum absolute atomic E-state index is 12.2. The molecular weight excluding hydrogens is 364 g/mol. The SMILES string of the molecule is COc1cc(CNC(=O)C(N)C2CCOCC2)cc(Br)c1OC. The highest BCUT2D eigenvalue weighted by molar-refractivity contribution is 9.10. The number of halogens is 1. The van der Waals surface area contributed by atoms with Crippen molar-refractivity contribution >= 4 is 21.8 Å². The highest BCUT2D eigenvalue weighted by atomic mass is 79.9. The van der Waals surface area contributed by atoms with Crippen LogP contribution in [0.3, 0.4) is 0 Å². The minimum absolute atomic E-state index is 0.136. The molecule has 2 rings (SSSR count). The average molecular weight is 387 g/mol. The number of nitrogens with two attached hydrogens (primary N) is 1. The van der Waals surface area contributed by atoms with E-state index in [1.54, 1.807) is 14.2 Å². The summed E-state index contributed by atoms with van der Waals surface area (Å²) in [5.74, 6) is 1.28. The number of rotatable bonds is 6. The van der Waals surface area contributed by atoms with Gasteiger partial charge in [0.05, 0.1) is 24.7 Å². The molecule has 1 saturated heterocycles. The third-order valence-electron chi connectivity index (χ3n) is 4.04. The Bertz CT molecular complexity index is 547. The Balaban J connectivity index is 1.97. The van der Waals surface area contributed by atoms with Gasteiger partial charge in [-0.15, -0.1) is 0 Å². The van der Waals surface area contributed by atoms with E-state index >= 15 is 0 Å². The maximum atomic E-state index is 12.2. The minimum Gasteiger partial charge on any atom is -0.493 e. The number of amides is 1. The minimum atomic E-state index is -0.498. The smallest absolute Gasteiger partial charge is 0.237 e. The van der Waals surface area contributed by atoms with Crippen molar-refractivity contribution in [3.63, 3.8) is 0 Å². The molecule has 1 aromatic rings. The van der Waals surface area contributed by atoms with Gasteiger partial charge in [-0.05, 0) is 52.4 Å². The largest absolute Gasteiger partial charge is 0.493 e. The normalized spacial score (nSPS) is 16.7. The van der Waals surface area contributed by atoms with Crippen LogP contribution < -0.4 is 20.5 Å². The van der Waals surface area contributed by atoms with Crippen molar-refractivity contribution in [1.29, 1.82) is 0 Å². The predicted octanol–water partition coefficient (Wildman–Crippen LogP) is 1.84. The Morgan fingerprint density at radius 3 is 2.70 bits per heavy atom. The number of carbonyl (C=O) groups excluding carboxylic acids is 1. The van der Waals surface area contributed by atoms with Gasteiger partial charge in [0, 0.05) is 19.8 Å². The van der Waals surface area contributed by atoms with Gasteiger partial charge in [-0.3, -0.25) is 4.79 Å². The Morgan fingerprint density at radius 2 is 2.09 bits per heavy atom. The molecule has 1 aliphatic rings. The number of ether oxygens (including phenoxy) is 3. The lowest BCUT2D eigenvalue weighted by Crippen LogP contribution is -2.46. The summed E-state index contributed by atoms with van der Waals surface area (Å²) in [6.07, 6.45) is 1.66.